The molecular formula is C17H23F3N4O5S. The number of sulfonamides is 1. The average molecular weight is 452 g/mol. The molecule has 1 aromatic heterocycles. The van der Waals surface area contributed by atoms with Crippen molar-refractivity contribution in [3.05, 3.63) is 18.5 Å². The molecule has 9 nitrogen and oxygen atoms in total. The third-order valence-corrected chi connectivity index (χ3v) is 7.71. The Morgan fingerprint density at radius 1 is 1.27 bits per heavy atom. The molecule has 30 heavy (non-hydrogen) atoms. The Kier molecular flexibility index (Phi) is 6.82. The van der Waals surface area contributed by atoms with Crippen molar-refractivity contribution < 1.29 is 36.2 Å². The third kappa shape index (κ3) is 5.58. The van der Waals surface area contributed by atoms with Gasteiger partial charge in [-0.1, -0.05) is 0 Å². The van der Waals surface area contributed by atoms with Gasteiger partial charge in [0, 0.05) is 37.9 Å². The molecule has 1 saturated carbocycles. The van der Waals surface area contributed by atoms with Crippen LogP contribution in [0, 0.1) is 11.8 Å². The predicted octanol–water partition coefficient (Wildman–Crippen LogP) is 1.35. The minimum Gasteiger partial charge on any atom is -0.475 e. The van der Waals surface area contributed by atoms with Crippen LogP contribution in [0.15, 0.2) is 18.5 Å². The number of alkyl halides is 3. The van der Waals surface area contributed by atoms with Crippen LogP contribution >= 0.6 is 0 Å². The van der Waals surface area contributed by atoms with Gasteiger partial charge in [0.15, 0.2) is 0 Å². The number of piperidine rings is 1. The van der Waals surface area contributed by atoms with Crippen molar-refractivity contribution in [2.24, 2.45) is 11.8 Å². The van der Waals surface area contributed by atoms with Gasteiger partial charge in [-0.3, -0.25) is 0 Å². The van der Waals surface area contributed by atoms with E-state index in [2.05, 4.69) is 15.3 Å². The molecular weight excluding hydrogens is 429 g/mol. The molecule has 1 aromatic rings. The lowest BCUT2D eigenvalue weighted by Crippen LogP contribution is -2.47. The number of halogens is 3. The summed E-state index contributed by atoms with van der Waals surface area (Å²) < 4.78 is 64.3. The van der Waals surface area contributed by atoms with E-state index in [1.165, 1.54) is 0 Å². The summed E-state index contributed by atoms with van der Waals surface area (Å²) in [5.74, 6) is -1.46. The summed E-state index contributed by atoms with van der Waals surface area (Å²) >= 11 is 0. The molecule has 13 heteroatoms. The summed E-state index contributed by atoms with van der Waals surface area (Å²) in [6.45, 7) is 2.57. The van der Waals surface area contributed by atoms with Gasteiger partial charge in [-0.25, -0.2) is 27.5 Å². The highest BCUT2D eigenvalue weighted by atomic mass is 32.2. The highest BCUT2D eigenvalue weighted by Crippen LogP contribution is 2.38. The number of nitrogens with one attached hydrogen (secondary N) is 1. The van der Waals surface area contributed by atoms with Crippen molar-refractivity contribution in [2.75, 3.05) is 31.6 Å². The average Bonchev–Trinajstić information content (AvgIpc) is 3.48. The van der Waals surface area contributed by atoms with Crippen LogP contribution in [0.3, 0.4) is 0 Å². The van der Waals surface area contributed by atoms with Gasteiger partial charge in [-0.05, 0) is 31.2 Å². The highest BCUT2D eigenvalue weighted by molar-refractivity contribution is 7.90. The molecule has 2 N–H and O–H groups in total. The Labute approximate surface area is 171 Å². The summed E-state index contributed by atoms with van der Waals surface area (Å²) in [4.78, 5) is 17.2. The minimum absolute atomic E-state index is 0.0148. The molecule has 3 fully saturated rings. The molecule has 4 rings (SSSR count). The number of carboxylic acids is 1. The molecule has 0 spiro atoms. The van der Waals surface area contributed by atoms with E-state index in [0.29, 0.717) is 31.5 Å². The van der Waals surface area contributed by atoms with E-state index in [9.17, 15) is 21.6 Å². The zero-order valence-electron chi connectivity index (χ0n) is 16.0. The maximum Gasteiger partial charge on any atom is 0.490 e. The van der Waals surface area contributed by atoms with Crippen LogP contribution in [0.1, 0.15) is 19.3 Å². The van der Waals surface area contributed by atoms with Gasteiger partial charge in [-0.15, -0.1) is 0 Å². The maximum absolute atomic E-state index is 12.5. The van der Waals surface area contributed by atoms with E-state index in [0.717, 1.165) is 25.9 Å². The standard InChI is InChI=1S/C15H22N4O3S.C2HF3O2/c20-23(21,12-2-3-12)19-7-4-11-10-22-14(13(11)9-19)8-18-15-16-5-1-6-17-15;3-2(4,5)1(6)7/h1,5-6,11-14H,2-4,7-10H2,(H,16,17,18);(H,6,7)/t11-,13-,14+;/m0./s1. The first-order valence-electron chi connectivity index (χ1n) is 9.50. The largest absolute Gasteiger partial charge is 0.490 e. The monoisotopic (exact) mass is 452 g/mol. The number of fused-ring (bicyclic) bond motifs is 1. The number of rotatable bonds is 5. The van der Waals surface area contributed by atoms with E-state index >= 15 is 0 Å². The maximum atomic E-state index is 12.5. The normalized spacial score (nSPS) is 27.0. The quantitative estimate of drug-likeness (QED) is 0.687. The molecule has 0 bridgehead atoms. The first-order chi connectivity index (χ1) is 14.1. The summed E-state index contributed by atoms with van der Waals surface area (Å²) in [5.41, 5.74) is 0. The summed E-state index contributed by atoms with van der Waals surface area (Å²) in [7, 11) is -3.09. The number of hydrogen-bond acceptors (Lipinski definition) is 7. The first kappa shape index (κ1) is 22.7. The predicted molar refractivity (Wildman–Crippen MR) is 99.1 cm³/mol. The fourth-order valence-corrected chi connectivity index (χ4v) is 5.49. The lowest BCUT2D eigenvalue weighted by atomic mass is 9.85. The van der Waals surface area contributed by atoms with Gasteiger partial charge in [0.2, 0.25) is 16.0 Å². The molecule has 2 aliphatic heterocycles. The molecule has 168 valence electrons. The fourth-order valence-electron chi connectivity index (χ4n) is 3.60. The Balaban J connectivity index is 0.000000318. The van der Waals surface area contributed by atoms with Crippen molar-refractivity contribution >= 4 is 21.9 Å². The summed E-state index contributed by atoms with van der Waals surface area (Å²) in [6, 6.07) is 1.77. The van der Waals surface area contributed by atoms with E-state index in [1.54, 1.807) is 22.8 Å². The number of hydrogen-bond donors (Lipinski definition) is 2. The fraction of sp³-hybridized carbons (Fsp3) is 0.706. The topological polar surface area (TPSA) is 122 Å². The minimum atomic E-state index is -5.08. The molecule has 3 aliphatic rings. The van der Waals surface area contributed by atoms with Gasteiger partial charge >= 0.3 is 12.1 Å². The second-order valence-corrected chi connectivity index (χ2v) is 9.66. The molecule has 0 aromatic carbocycles. The van der Waals surface area contributed by atoms with E-state index < -0.39 is 22.2 Å². The van der Waals surface area contributed by atoms with E-state index in [1.807, 2.05) is 0 Å². The van der Waals surface area contributed by atoms with Crippen LogP contribution in [0.5, 0.6) is 0 Å². The molecule has 0 amide bonds. The molecule has 0 unspecified atom stereocenters. The lowest BCUT2D eigenvalue weighted by molar-refractivity contribution is -0.192. The second-order valence-electron chi connectivity index (χ2n) is 7.44. The van der Waals surface area contributed by atoms with Crippen LogP contribution in [-0.2, 0) is 19.6 Å². The van der Waals surface area contributed by atoms with Gasteiger partial charge in [-0.2, -0.15) is 13.2 Å². The molecule has 3 heterocycles. The number of carboxylic acid groups (broad SMARTS) is 1. The van der Waals surface area contributed by atoms with Crippen molar-refractivity contribution in [3.8, 4) is 0 Å². The van der Waals surface area contributed by atoms with E-state index in [4.69, 9.17) is 14.6 Å². The smallest absolute Gasteiger partial charge is 0.475 e. The number of aromatic nitrogens is 2. The Morgan fingerprint density at radius 3 is 2.47 bits per heavy atom. The van der Waals surface area contributed by atoms with Crippen molar-refractivity contribution in [3.63, 3.8) is 0 Å². The lowest BCUT2D eigenvalue weighted by Gasteiger charge is -2.35. The van der Waals surface area contributed by atoms with Gasteiger partial charge in [0.25, 0.3) is 0 Å². The summed E-state index contributed by atoms with van der Waals surface area (Å²) in [5, 5.41) is 10.2. The zero-order chi connectivity index (χ0) is 21.9. The molecule has 0 radical (unpaired) electrons. The molecule has 3 atom stereocenters. The van der Waals surface area contributed by atoms with Crippen molar-refractivity contribution in [2.45, 2.75) is 36.8 Å². The van der Waals surface area contributed by atoms with Gasteiger partial charge in [0.1, 0.15) is 0 Å². The van der Waals surface area contributed by atoms with Crippen LogP contribution in [0.25, 0.3) is 0 Å². The van der Waals surface area contributed by atoms with Crippen molar-refractivity contribution in [1.82, 2.24) is 14.3 Å². The molecule has 2 saturated heterocycles. The Bertz CT molecular complexity index is 836. The van der Waals surface area contributed by atoms with Crippen LogP contribution in [0.2, 0.25) is 0 Å². The highest BCUT2D eigenvalue weighted by Gasteiger charge is 2.47. The Hall–Kier alpha value is -1.99. The zero-order valence-corrected chi connectivity index (χ0v) is 16.8. The Morgan fingerprint density at radius 2 is 1.90 bits per heavy atom. The van der Waals surface area contributed by atoms with Crippen LogP contribution in [-0.4, -0.2) is 77.5 Å². The number of ether oxygens (including phenoxy) is 1. The number of aliphatic carboxylic acids is 1. The second kappa shape index (κ2) is 9.02. The van der Waals surface area contributed by atoms with Gasteiger partial charge in [0.05, 0.1) is 18.0 Å². The SMILES string of the molecule is O=C(O)C(F)(F)F.O=S(=O)(C1CC1)N1CC[C@H]2CO[C@H](CNc3ncccn3)[C@H]2C1. The number of nitrogens with zero attached hydrogens (tertiary/aromatic N) is 3. The van der Waals surface area contributed by atoms with Gasteiger partial charge < -0.3 is 15.2 Å². The summed E-state index contributed by atoms with van der Waals surface area (Å²) in [6.07, 6.45) is 0.853. The third-order valence-electron chi connectivity index (χ3n) is 5.35. The van der Waals surface area contributed by atoms with E-state index in [-0.39, 0.29) is 17.3 Å². The number of carbonyl (C=O) groups is 1. The first-order valence-corrected chi connectivity index (χ1v) is 11.0. The molecule has 1 aliphatic carbocycles. The van der Waals surface area contributed by atoms with Crippen molar-refractivity contribution in [1.29, 1.82) is 0 Å². The van der Waals surface area contributed by atoms with Crippen LogP contribution < -0.4 is 5.32 Å². The van der Waals surface area contributed by atoms with Crippen LogP contribution in [0.4, 0.5) is 19.1 Å². The number of anilines is 1.